The fraction of sp³-hybridized carbons (Fsp3) is 0.387. The van der Waals surface area contributed by atoms with Crippen LogP contribution in [0.2, 0.25) is 0 Å². The third kappa shape index (κ3) is 4.85. The first-order chi connectivity index (χ1) is 17.2. The molecule has 5 rings (SSSR count). The lowest BCUT2D eigenvalue weighted by molar-refractivity contribution is -0.124. The van der Waals surface area contributed by atoms with Crippen molar-refractivity contribution in [2.24, 2.45) is 11.7 Å². The first-order valence-electron chi connectivity index (χ1n) is 13.1. The average Bonchev–Trinajstić information content (AvgIpc) is 3.37. The molecule has 3 aromatic carbocycles. The Bertz CT molecular complexity index is 1090. The number of fused-ring (bicyclic) bond motifs is 1. The number of nitrogens with one attached hydrogen (secondary N) is 1. The maximum atomic E-state index is 13.3. The number of rotatable bonds is 9. The molecule has 0 bridgehead atoms. The topological polar surface area (TPSA) is 64.4 Å². The molecule has 35 heavy (non-hydrogen) atoms. The van der Waals surface area contributed by atoms with Gasteiger partial charge in [-0.3, -0.25) is 4.79 Å². The minimum atomic E-state index is -0.810. The Hall–Kier alpha value is -3.11. The predicted octanol–water partition coefficient (Wildman–Crippen LogP) is 5.17. The van der Waals surface area contributed by atoms with Crippen LogP contribution in [-0.4, -0.2) is 25.1 Å². The van der Waals surface area contributed by atoms with Gasteiger partial charge in [0.25, 0.3) is 0 Å². The Balaban J connectivity index is 1.28. The summed E-state index contributed by atoms with van der Waals surface area (Å²) in [5.74, 6) is 0.962. The lowest BCUT2D eigenvalue weighted by Crippen LogP contribution is -2.51. The van der Waals surface area contributed by atoms with Gasteiger partial charge in [-0.1, -0.05) is 79.2 Å². The highest BCUT2D eigenvalue weighted by Gasteiger charge is 2.48. The molecule has 1 aliphatic carbocycles. The van der Waals surface area contributed by atoms with Crippen molar-refractivity contribution in [1.29, 1.82) is 0 Å². The number of carbonyl (C=O) groups excluding carboxylic acids is 1. The smallest absolute Gasteiger partial charge is 0.232 e. The van der Waals surface area contributed by atoms with E-state index in [-0.39, 0.29) is 11.8 Å². The minimum Gasteiger partial charge on any atom is -0.493 e. The molecule has 0 radical (unpaired) electrons. The minimum absolute atomic E-state index is 0.160. The number of carbonyl (C=O) groups is 1. The second-order valence-electron chi connectivity index (χ2n) is 10.1. The van der Waals surface area contributed by atoms with Crippen molar-refractivity contribution in [2.45, 2.75) is 56.4 Å². The van der Waals surface area contributed by atoms with Crippen molar-refractivity contribution in [3.63, 3.8) is 0 Å². The summed E-state index contributed by atoms with van der Waals surface area (Å²) in [4.78, 5) is 13.3. The molecule has 0 spiro atoms. The van der Waals surface area contributed by atoms with Gasteiger partial charge in [0.2, 0.25) is 5.91 Å². The van der Waals surface area contributed by atoms with Crippen LogP contribution in [0.1, 0.15) is 54.4 Å². The second-order valence-corrected chi connectivity index (χ2v) is 10.1. The summed E-state index contributed by atoms with van der Waals surface area (Å²) in [5, 5.41) is 3.81. The number of nitrogens with two attached hydrogens (primary N) is 1. The normalized spacial score (nSPS) is 19.7. The van der Waals surface area contributed by atoms with Crippen LogP contribution in [-0.2, 0) is 23.1 Å². The number of hydrogen-bond acceptors (Lipinski definition) is 3. The van der Waals surface area contributed by atoms with Crippen LogP contribution in [0.5, 0.6) is 5.75 Å². The molecule has 1 heterocycles. The van der Waals surface area contributed by atoms with Crippen LogP contribution in [0, 0.1) is 5.92 Å². The van der Waals surface area contributed by atoms with Gasteiger partial charge in [0, 0.05) is 12.5 Å². The van der Waals surface area contributed by atoms with Gasteiger partial charge in [-0.15, -0.1) is 0 Å². The molecule has 0 aromatic heterocycles. The Labute approximate surface area is 208 Å². The Morgan fingerprint density at radius 1 is 0.971 bits per heavy atom. The molecule has 2 aliphatic rings. The molecular weight excluding hydrogens is 432 g/mol. The SMILES string of the molecule is NC(=O)C(c1ccccc1)(c1ccccc1)C1CCCC(NCCCc2ccc3c(c2)CCO3)C1. The molecule has 4 nitrogen and oxygen atoms in total. The summed E-state index contributed by atoms with van der Waals surface area (Å²) < 4.78 is 5.63. The highest BCUT2D eigenvalue weighted by atomic mass is 16.5. The van der Waals surface area contributed by atoms with Gasteiger partial charge in [0.15, 0.2) is 0 Å². The Kier molecular flexibility index (Phi) is 7.19. The van der Waals surface area contributed by atoms with E-state index in [1.54, 1.807) is 0 Å². The van der Waals surface area contributed by atoms with Crippen molar-refractivity contribution < 1.29 is 9.53 Å². The van der Waals surface area contributed by atoms with Crippen molar-refractivity contribution in [3.8, 4) is 5.75 Å². The monoisotopic (exact) mass is 468 g/mol. The van der Waals surface area contributed by atoms with E-state index < -0.39 is 5.41 Å². The molecule has 1 saturated carbocycles. The number of aryl methyl sites for hydroxylation is 1. The van der Waals surface area contributed by atoms with Gasteiger partial charge >= 0.3 is 0 Å². The molecule has 3 N–H and O–H groups in total. The zero-order valence-corrected chi connectivity index (χ0v) is 20.4. The Morgan fingerprint density at radius 2 is 1.69 bits per heavy atom. The summed E-state index contributed by atoms with van der Waals surface area (Å²) >= 11 is 0. The van der Waals surface area contributed by atoms with Crippen LogP contribution in [0.15, 0.2) is 78.9 Å². The molecule has 2 atom stereocenters. The molecule has 1 fully saturated rings. The third-order valence-electron chi connectivity index (χ3n) is 7.96. The predicted molar refractivity (Wildman–Crippen MR) is 141 cm³/mol. The quantitative estimate of drug-likeness (QED) is 0.426. The van der Waals surface area contributed by atoms with Gasteiger partial charge in [-0.05, 0) is 72.9 Å². The van der Waals surface area contributed by atoms with E-state index in [2.05, 4.69) is 47.8 Å². The van der Waals surface area contributed by atoms with Crippen molar-refractivity contribution in [2.75, 3.05) is 13.2 Å². The van der Waals surface area contributed by atoms with E-state index in [1.165, 1.54) is 11.1 Å². The van der Waals surface area contributed by atoms with E-state index in [9.17, 15) is 4.79 Å². The van der Waals surface area contributed by atoms with Crippen LogP contribution >= 0.6 is 0 Å². The molecule has 3 aromatic rings. The molecule has 4 heteroatoms. The summed E-state index contributed by atoms with van der Waals surface area (Å²) in [7, 11) is 0. The van der Waals surface area contributed by atoms with Crippen LogP contribution in [0.3, 0.4) is 0 Å². The number of amides is 1. The van der Waals surface area contributed by atoms with Gasteiger partial charge in [0.1, 0.15) is 11.2 Å². The first kappa shape index (κ1) is 23.6. The third-order valence-corrected chi connectivity index (χ3v) is 7.96. The number of benzene rings is 3. The molecular formula is C31H36N2O2. The van der Waals surface area contributed by atoms with Crippen molar-refractivity contribution in [1.82, 2.24) is 5.32 Å². The van der Waals surface area contributed by atoms with E-state index >= 15 is 0 Å². The maximum Gasteiger partial charge on any atom is 0.232 e. The molecule has 0 saturated heterocycles. The maximum absolute atomic E-state index is 13.3. The fourth-order valence-corrected chi connectivity index (χ4v) is 6.29. The van der Waals surface area contributed by atoms with E-state index in [0.717, 1.165) is 75.0 Å². The zero-order chi connectivity index (χ0) is 24.1. The molecule has 182 valence electrons. The van der Waals surface area contributed by atoms with Gasteiger partial charge in [0.05, 0.1) is 6.61 Å². The summed E-state index contributed by atoms with van der Waals surface area (Å²) in [6.45, 7) is 1.78. The lowest BCUT2D eigenvalue weighted by atomic mass is 9.60. The van der Waals surface area contributed by atoms with Crippen LogP contribution in [0.4, 0.5) is 0 Å². The number of primary amides is 1. The Morgan fingerprint density at radius 3 is 2.37 bits per heavy atom. The first-order valence-corrected chi connectivity index (χ1v) is 13.1. The number of ether oxygens (including phenoxy) is 1. The zero-order valence-electron chi connectivity index (χ0n) is 20.4. The summed E-state index contributed by atoms with van der Waals surface area (Å²) in [6, 6.07) is 27.3. The molecule has 1 amide bonds. The number of hydrogen-bond donors (Lipinski definition) is 2. The highest BCUT2D eigenvalue weighted by Crippen LogP contribution is 2.46. The van der Waals surface area contributed by atoms with E-state index in [1.807, 2.05) is 36.4 Å². The van der Waals surface area contributed by atoms with Crippen LogP contribution in [0.25, 0.3) is 0 Å². The molecule has 1 aliphatic heterocycles. The van der Waals surface area contributed by atoms with Gasteiger partial charge in [-0.25, -0.2) is 0 Å². The standard InChI is InChI=1S/C31H36N2O2/c32-30(34)31(25-10-3-1-4-11-25,26-12-5-2-6-13-26)27-14-7-15-28(22-27)33-19-8-9-23-16-17-29-24(21-23)18-20-35-29/h1-6,10-13,16-17,21,27-28,33H,7-9,14-15,18-20,22H2,(H2,32,34). The van der Waals surface area contributed by atoms with E-state index in [4.69, 9.17) is 10.5 Å². The van der Waals surface area contributed by atoms with E-state index in [0.29, 0.717) is 6.04 Å². The van der Waals surface area contributed by atoms with Crippen LogP contribution < -0.4 is 15.8 Å². The van der Waals surface area contributed by atoms with Gasteiger partial charge in [-0.2, -0.15) is 0 Å². The fourth-order valence-electron chi connectivity index (χ4n) is 6.29. The lowest BCUT2D eigenvalue weighted by Gasteiger charge is -2.43. The largest absolute Gasteiger partial charge is 0.493 e. The van der Waals surface area contributed by atoms with Crippen molar-refractivity contribution >= 4 is 5.91 Å². The summed E-state index contributed by atoms with van der Waals surface area (Å²) in [5.41, 5.74) is 10.2. The highest BCUT2D eigenvalue weighted by molar-refractivity contribution is 5.91. The average molecular weight is 469 g/mol. The van der Waals surface area contributed by atoms with Gasteiger partial charge < -0.3 is 15.8 Å². The summed E-state index contributed by atoms with van der Waals surface area (Å²) in [6.07, 6.45) is 7.38. The second kappa shape index (κ2) is 10.7. The molecule has 2 unspecified atom stereocenters. The van der Waals surface area contributed by atoms with Crippen molar-refractivity contribution in [3.05, 3.63) is 101 Å².